The van der Waals surface area contributed by atoms with Gasteiger partial charge in [0.15, 0.2) is 5.60 Å². The molecule has 2 heterocycles. The van der Waals surface area contributed by atoms with Crippen LogP contribution in [-0.4, -0.2) is 71.3 Å². The molecule has 1 atom stereocenters. The molecule has 8 nitrogen and oxygen atoms in total. The molecule has 28 heavy (non-hydrogen) atoms. The second-order valence-corrected chi connectivity index (χ2v) is 7.79. The highest BCUT2D eigenvalue weighted by atomic mass is 16.6. The van der Waals surface area contributed by atoms with Crippen LogP contribution in [0.5, 0.6) is 0 Å². The number of ether oxygens (including phenoxy) is 1. The van der Waals surface area contributed by atoms with E-state index in [2.05, 4.69) is 5.32 Å². The molecule has 8 heteroatoms. The monoisotopic (exact) mass is 385 g/mol. The van der Waals surface area contributed by atoms with Crippen LogP contribution in [0.15, 0.2) is 24.3 Å². The van der Waals surface area contributed by atoms with E-state index in [0.717, 1.165) is 18.4 Å². The zero-order chi connectivity index (χ0) is 19.9. The topological polar surface area (TPSA) is 96.0 Å². The Morgan fingerprint density at radius 1 is 1.07 bits per heavy atom. The maximum absolute atomic E-state index is 13.1. The lowest BCUT2D eigenvalue weighted by atomic mass is 9.88. The number of cyclic esters (lactones) is 1. The maximum atomic E-state index is 13.1. The van der Waals surface area contributed by atoms with Crippen LogP contribution in [0.25, 0.3) is 0 Å². The van der Waals surface area contributed by atoms with Gasteiger partial charge in [-0.3, -0.25) is 14.4 Å². The molecular weight excluding hydrogens is 362 g/mol. The Kier molecular flexibility index (Phi) is 4.56. The van der Waals surface area contributed by atoms with Gasteiger partial charge in [-0.05, 0) is 31.4 Å². The van der Waals surface area contributed by atoms with Gasteiger partial charge < -0.3 is 19.9 Å². The summed E-state index contributed by atoms with van der Waals surface area (Å²) in [5.41, 5.74) is 0.0195. The number of rotatable bonds is 2. The second kappa shape index (κ2) is 6.92. The quantitative estimate of drug-likeness (QED) is 0.576. The second-order valence-electron chi connectivity index (χ2n) is 7.79. The van der Waals surface area contributed by atoms with Gasteiger partial charge >= 0.3 is 17.8 Å². The third-order valence-electron chi connectivity index (χ3n) is 5.50. The molecule has 3 aliphatic rings. The van der Waals surface area contributed by atoms with E-state index >= 15 is 0 Å². The van der Waals surface area contributed by atoms with Gasteiger partial charge in [0.2, 0.25) is 0 Å². The number of hydrogen-bond donors (Lipinski definition) is 1. The van der Waals surface area contributed by atoms with E-state index in [1.54, 1.807) is 24.0 Å². The first kappa shape index (κ1) is 18.5. The van der Waals surface area contributed by atoms with Crippen molar-refractivity contribution >= 4 is 23.7 Å². The van der Waals surface area contributed by atoms with Gasteiger partial charge in [0.1, 0.15) is 0 Å². The molecular formula is C20H23N3O5. The highest BCUT2D eigenvalue weighted by molar-refractivity contribution is 6.35. The summed E-state index contributed by atoms with van der Waals surface area (Å²) in [6.45, 7) is 2.79. The molecule has 1 N–H and O–H groups in total. The van der Waals surface area contributed by atoms with Crippen molar-refractivity contribution in [3.63, 3.8) is 0 Å². The minimum Gasteiger partial charge on any atom is -0.445 e. The zero-order valence-corrected chi connectivity index (χ0v) is 15.8. The Morgan fingerprint density at radius 2 is 1.71 bits per heavy atom. The molecule has 0 bridgehead atoms. The molecule has 148 valence electrons. The number of hydrogen-bond acceptors (Lipinski definition) is 5. The summed E-state index contributed by atoms with van der Waals surface area (Å²) >= 11 is 0. The first-order chi connectivity index (χ1) is 13.4. The van der Waals surface area contributed by atoms with Gasteiger partial charge in [0, 0.05) is 38.6 Å². The van der Waals surface area contributed by atoms with Crippen LogP contribution in [0.3, 0.4) is 0 Å². The fourth-order valence-corrected chi connectivity index (χ4v) is 3.72. The molecule has 1 aromatic rings. The first-order valence-electron chi connectivity index (χ1n) is 9.58. The SMILES string of the molecule is CC1(C(=O)N2CCN(C(=O)C(=O)NC3CC3)CC2)Cc2ccccc2C(=O)O1. The zero-order valence-electron chi connectivity index (χ0n) is 15.8. The van der Waals surface area contributed by atoms with Crippen LogP contribution in [0, 0.1) is 0 Å². The van der Waals surface area contributed by atoms with Crippen LogP contribution < -0.4 is 5.32 Å². The molecule has 2 fully saturated rings. The van der Waals surface area contributed by atoms with Crippen molar-refractivity contribution in [1.29, 1.82) is 0 Å². The van der Waals surface area contributed by atoms with E-state index in [1.807, 2.05) is 12.1 Å². The largest absolute Gasteiger partial charge is 0.445 e. The number of carbonyl (C=O) groups is 4. The van der Waals surface area contributed by atoms with Crippen molar-refractivity contribution in [1.82, 2.24) is 15.1 Å². The van der Waals surface area contributed by atoms with Crippen molar-refractivity contribution < 1.29 is 23.9 Å². The fourth-order valence-electron chi connectivity index (χ4n) is 3.72. The Morgan fingerprint density at radius 3 is 2.39 bits per heavy atom. The number of piperazine rings is 1. The minimum absolute atomic E-state index is 0.128. The van der Waals surface area contributed by atoms with Crippen molar-refractivity contribution in [2.45, 2.75) is 37.8 Å². The summed E-state index contributed by atoms with van der Waals surface area (Å²) in [4.78, 5) is 52.6. The van der Waals surface area contributed by atoms with Crippen LogP contribution in [0.2, 0.25) is 0 Å². The highest BCUT2D eigenvalue weighted by Crippen LogP contribution is 2.30. The van der Waals surface area contributed by atoms with Crippen molar-refractivity contribution in [3.05, 3.63) is 35.4 Å². The molecule has 4 rings (SSSR count). The van der Waals surface area contributed by atoms with Gasteiger partial charge in [-0.25, -0.2) is 4.79 Å². The number of nitrogens with one attached hydrogen (secondary N) is 1. The lowest BCUT2D eigenvalue weighted by Gasteiger charge is -2.40. The molecule has 3 amide bonds. The Balaban J connectivity index is 1.38. The number of esters is 1. The smallest absolute Gasteiger partial charge is 0.339 e. The van der Waals surface area contributed by atoms with Crippen molar-refractivity contribution in [2.75, 3.05) is 26.2 Å². The summed E-state index contributed by atoms with van der Waals surface area (Å²) in [7, 11) is 0. The molecule has 1 aromatic carbocycles. The lowest BCUT2D eigenvalue weighted by Crippen LogP contribution is -2.59. The lowest BCUT2D eigenvalue weighted by molar-refractivity contribution is -0.156. The highest BCUT2D eigenvalue weighted by Gasteiger charge is 2.45. The maximum Gasteiger partial charge on any atom is 0.339 e. The van der Waals surface area contributed by atoms with Gasteiger partial charge in [0.05, 0.1) is 5.56 Å². The third-order valence-corrected chi connectivity index (χ3v) is 5.50. The van der Waals surface area contributed by atoms with E-state index in [4.69, 9.17) is 4.74 Å². The van der Waals surface area contributed by atoms with Crippen LogP contribution >= 0.6 is 0 Å². The van der Waals surface area contributed by atoms with Crippen molar-refractivity contribution in [2.24, 2.45) is 0 Å². The minimum atomic E-state index is -1.26. The summed E-state index contributed by atoms with van der Waals surface area (Å²) in [6.07, 6.45) is 2.15. The van der Waals surface area contributed by atoms with Crippen molar-refractivity contribution in [3.8, 4) is 0 Å². The molecule has 2 aliphatic heterocycles. The Labute approximate surface area is 162 Å². The number of nitrogens with zero attached hydrogens (tertiary/aromatic N) is 2. The summed E-state index contributed by atoms with van der Waals surface area (Å²) in [6, 6.07) is 7.25. The van der Waals surface area contributed by atoms with Gasteiger partial charge in [-0.2, -0.15) is 0 Å². The van der Waals surface area contributed by atoms with Gasteiger partial charge in [-0.1, -0.05) is 18.2 Å². The molecule has 0 aromatic heterocycles. The van der Waals surface area contributed by atoms with E-state index in [-0.39, 0.29) is 25.0 Å². The predicted molar refractivity (Wildman–Crippen MR) is 98.3 cm³/mol. The van der Waals surface area contributed by atoms with Crippen LogP contribution in [0.1, 0.15) is 35.7 Å². The average Bonchev–Trinajstić information content (AvgIpc) is 3.51. The molecule has 0 radical (unpaired) electrons. The van der Waals surface area contributed by atoms with Gasteiger partial charge in [-0.15, -0.1) is 0 Å². The summed E-state index contributed by atoms with van der Waals surface area (Å²) in [5, 5.41) is 2.69. The predicted octanol–water partition coefficient (Wildman–Crippen LogP) is 0.108. The Hall–Kier alpha value is -2.90. The van der Waals surface area contributed by atoms with Gasteiger partial charge in [0.25, 0.3) is 5.91 Å². The third kappa shape index (κ3) is 3.46. The first-order valence-corrected chi connectivity index (χ1v) is 9.58. The van der Waals surface area contributed by atoms with E-state index in [0.29, 0.717) is 25.1 Å². The number of benzene rings is 1. The molecule has 1 aliphatic carbocycles. The number of fused-ring (bicyclic) bond motifs is 1. The Bertz CT molecular complexity index is 842. The number of amides is 3. The van der Waals surface area contributed by atoms with E-state index in [9.17, 15) is 19.2 Å². The summed E-state index contributed by atoms with van der Waals surface area (Å²) < 4.78 is 5.50. The van der Waals surface area contributed by atoms with Crippen LogP contribution in [-0.2, 0) is 25.5 Å². The molecule has 0 spiro atoms. The standard InChI is InChI=1S/C20H23N3O5/c1-20(12-13-4-2-3-5-15(13)18(26)28-20)19(27)23-10-8-22(9-11-23)17(25)16(24)21-14-6-7-14/h2-5,14H,6-12H2,1H3,(H,21,24). The fraction of sp³-hybridized carbons (Fsp3) is 0.500. The van der Waals surface area contributed by atoms with Crippen LogP contribution in [0.4, 0.5) is 0 Å². The normalized spacial score (nSPS) is 24.2. The van der Waals surface area contributed by atoms with E-state index < -0.39 is 23.4 Å². The molecule has 1 saturated heterocycles. The molecule has 1 unspecified atom stereocenters. The molecule has 1 saturated carbocycles. The van der Waals surface area contributed by atoms with E-state index in [1.165, 1.54) is 4.90 Å². The number of carbonyl (C=O) groups excluding carboxylic acids is 4. The average molecular weight is 385 g/mol. The summed E-state index contributed by atoms with van der Waals surface area (Å²) in [5.74, 6) is -1.90.